The number of hydrogen-bond acceptors (Lipinski definition) is 3. The van der Waals surface area contributed by atoms with Gasteiger partial charge in [0.05, 0.1) is 5.69 Å². The molecular weight excluding hydrogens is 207 g/mol. The average Bonchev–Trinajstić information content (AvgIpc) is 2.28. The quantitative estimate of drug-likeness (QED) is 0.774. The Morgan fingerprint density at radius 3 is 2.38 bits per heavy atom. The van der Waals surface area contributed by atoms with Crippen molar-refractivity contribution in [3.05, 3.63) is 16.1 Å². The summed E-state index contributed by atoms with van der Waals surface area (Å²) in [6.07, 6.45) is -4.64. The molecular formula is C6H4F3NO2S. The van der Waals surface area contributed by atoms with Crippen molar-refractivity contribution in [1.82, 2.24) is 4.37 Å². The molecule has 0 fully saturated rings. The molecule has 3 nitrogen and oxygen atoms in total. The van der Waals surface area contributed by atoms with Crippen LogP contribution in [0, 0.1) is 6.92 Å². The van der Waals surface area contributed by atoms with Gasteiger partial charge in [0.15, 0.2) is 0 Å². The maximum absolute atomic E-state index is 12.1. The molecule has 1 aromatic rings. The summed E-state index contributed by atoms with van der Waals surface area (Å²) < 4.78 is 39.7. The second-order valence-electron chi connectivity index (χ2n) is 2.28. The first-order chi connectivity index (χ1) is 5.84. The van der Waals surface area contributed by atoms with Crippen LogP contribution in [0.15, 0.2) is 0 Å². The second kappa shape index (κ2) is 2.99. The molecule has 7 heteroatoms. The topological polar surface area (TPSA) is 50.2 Å². The molecule has 0 aliphatic heterocycles. The maximum atomic E-state index is 12.1. The number of carboxylic acid groups (broad SMARTS) is 1. The lowest BCUT2D eigenvalue weighted by molar-refractivity contribution is -0.134. The minimum absolute atomic E-state index is 0.107. The Hall–Kier alpha value is -1.11. The highest BCUT2D eigenvalue weighted by molar-refractivity contribution is 7.06. The van der Waals surface area contributed by atoms with E-state index in [-0.39, 0.29) is 17.2 Å². The predicted molar refractivity (Wildman–Crippen MR) is 38.8 cm³/mol. The van der Waals surface area contributed by atoms with E-state index in [4.69, 9.17) is 5.11 Å². The van der Waals surface area contributed by atoms with Crippen molar-refractivity contribution in [2.24, 2.45) is 0 Å². The molecule has 0 unspecified atom stereocenters. The molecule has 1 aromatic heterocycles. The number of aryl methyl sites for hydroxylation is 1. The average molecular weight is 211 g/mol. The van der Waals surface area contributed by atoms with E-state index in [0.29, 0.717) is 0 Å². The van der Waals surface area contributed by atoms with Crippen LogP contribution in [0.4, 0.5) is 13.2 Å². The van der Waals surface area contributed by atoms with Crippen LogP contribution >= 0.6 is 11.5 Å². The highest BCUT2D eigenvalue weighted by Crippen LogP contribution is 2.36. The lowest BCUT2D eigenvalue weighted by Gasteiger charge is -2.03. The highest BCUT2D eigenvalue weighted by Gasteiger charge is 2.39. The van der Waals surface area contributed by atoms with E-state index in [0.717, 1.165) is 0 Å². The SMILES string of the molecule is Cc1nsc(C(F)(F)F)c1C(=O)O. The van der Waals surface area contributed by atoms with Crippen LogP contribution in [0.3, 0.4) is 0 Å². The Morgan fingerprint density at radius 2 is 2.08 bits per heavy atom. The first-order valence-corrected chi connectivity index (χ1v) is 3.88. The maximum Gasteiger partial charge on any atom is 0.428 e. The molecule has 0 atom stereocenters. The van der Waals surface area contributed by atoms with Gasteiger partial charge in [0.25, 0.3) is 0 Å². The molecule has 1 N–H and O–H groups in total. The van der Waals surface area contributed by atoms with Crippen LogP contribution in [-0.4, -0.2) is 15.4 Å². The molecule has 13 heavy (non-hydrogen) atoms. The van der Waals surface area contributed by atoms with Gasteiger partial charge in [-0.05, 0) is 18.5 Å². The van der Waals surface area contributed by atoms with Gasteiger partial charge in [0, 0.05) is 0 Å². The predicted octanol–water partition coefficient (Wildman–Crippen LogP) is 2.17. The van der Waals surface area contributed by atoms with Crippen molar-refractivity contribution in [2.75, 3.05) is 0 Å². The number of nitrogens with zero attached hydrogens (tertiary/aromatic N) is 1. The number of hydrogen-bond donors (Lipinski definition) is 1. The number of carboxylic acids is 1. The van der Waals surface area contributed by atoms with Crippen LogP contribution in [0.5, 0.6) is 0 Å². The van der Waals surface area contributed by atoms with E-state index >= 15 is 0 Å². The van der Waals surface area contributed by atoms with E-state index in [2.05, 4.69) is 4.37 Å². The third-order valence-corrected chi connectivity index (χ3v) is 2.32. The molecule has 0 spiro atoms. The van der Waals surface area contributed by atoms with Crippen molar-refractivity contribution in [3.8, 4) is 0 Å². The summed E-state index contributed by atoms with van der Waals surface area (Å²) in [5.74, 6) is -1.60. The summed E-state index contributed by atoms with van der Waals surface area (Å²) in [6, 6.07) is 0. The van der Waals surface area contributed by atoms with Gasteiger partial charge < -0.3 is 5.11 Å². The van der Waals surface area contributed by atoms with Crippen molar-refractivity contribution in [3.63, 3.8) is 0 Å². The number of carbonyl (C=O) groups is 1. The summed E-state index contributed by atoms with van der Waals surface area (Å²) in [5.41, 5.74) is -0.859. The summed E-state index contributed by atoms with van der Waals surface area (Å²) in [4.78, 5) is 9.26. The minimum Gasteiger partial charge on any atom is -0.478 e. The van der Waals surface area contributed by atoms with Gasteiger partial charge in [-0.25, -0.2) is 4.79 Å². The number of alkyl halides is 3. The van der Waals surface area contributed by atoms with Crippen LogP contribution in [0.1, 0.15) is 20.9 Å². The van der Waals surface area contributed by atoms with E-state index in [1.807, 2.05) is 0 Å². The Morgan fingerprint density at radius 1 is 1.54 bits per heavy atom. The van der Waals surface area contributed by atoms with Gasteiger partial charge in [-0.3, -0.25) is 0 Å². The van der Waals surface area contributed by atoms with Crippen LogP contribution in [0.2, 0.25) is 0 Å². The summed E-state index contributed by atoms with van der Waals surface area (Å²) in [6.45, 7) is 1.23. The molecule has 1 rings (SSSR count). The van der Waals surface area contributed by atoms with Gasteiger partial charge in [-0.15, -0.1) is 0 Å². The lowest BCUT2D eigenvalue weighted by atomic mass is 10.2. The zero-order chi connectivity index (χ0) is 10.2. The first-order valence-electron chi connectivity index (χ1n) is 3.10. The third kappa shape index (κ3) is 1.80. The molecule has 0 saturated carbocycles. The first kappa shape index (κ1) is 9.97. The third-order valence-electron chi connectivity index (χ3n) is 1.33. The molecule has 0 aliphatic rings. The molecule has 0 bridgehead atoms. The molecule has 0 aliphatic carbocycles. The molecule has 0 saturated heterocycles. The monoisotopic (exact) mass is 211 g/mol. The number of aromatic carboxylic acids is 1. The van der Waals surface area contributed by atoms with Crippen LogP contribution in [-0.2, 0) is 6.18 Å². The molecule has 0 radical (unpaired) electrons. The van der Waals surface area contributed by atoms with E-state index in [1.165, 1.54) is 6.92 Å². The normalized spacial score (nSPS) is 11.7. The summed E-state index contributed by atoms with van der Waals surface area (Å²) in [7, 11) is 0. The van der Waals surface area contributed by atoms with E-state index in [1.54, 1.807) is 0 Å². The minimum atomic E-state index is -4.64. The largest absolute Gasteiger partial charge is 0.478 e. The van der Waals surface area contributed by atoms with Crippen LogP contribution < -0.4 is 0 Å². The fourth-order valence-corrected chi connectivity index (χ4v) is 1.56. The fourth-order valence-electron chi connectivity index (χ4n) is 0.815. The number of aromatic nitrogens is 1. The molecule has 0 amide bonds. The molecule has 0 aromatic carbocycles. The van der Waals surface area contributed by atoms with Crippen molar-refractivity contribution in [2.45, 2.75) is 13.1 Å². The van der Waals surface area contributed by atoms with Gasteiger partial charge in [-0.1, -0.05) is 0 Å². The zero-order valence-electron chi connectivity index (χ0n) is 6.34. The Bertz CT molecular complexity index is 344. The molecule has 72 valence electrons. The highest BCUT2D eigenvalue weighted by atomic mass is 32.1. The number of rotatable bonds is 1. The van der Waals surface area contributed by atoms with Gasteiger partial charge in [0.2, 0.25) is 0 Å². The van der Waals surface area contributed by atoms with E-state index < -0.39 is 22.6 Å². The summed E-state index contributed by atoms with van der Waals surface area (Å²) in [5, 5.41) is 8.47. The smallest absolute Gasteiger partial charge is 0.428 e. The van der Waals surface area contributed by atoms with Gasteiger partial charge in [0.1, 0.15) is 10.4 Å². The standard InChI is InChI=1S/C6H4F3NO2S/c1-2-3(5(11)12)4(13-10-2)6(7,8)9/h1H3,(H,11,12). The van der Waals surface area contributed by atoms with Crippen molar-refractivity contribution in [1.29, 1.82) is 0 Å². The zero-order valence-corrected chi connectivity index (χ0v) is 7.16. The van der Waals surface area contributed by atoms with Gasteiger partial charge >= 0.3 is 12.1 Å². The van der Waals surface area contributed by atoms with Gasteiger partial charge in [-0.2, -0.15) is 17.5 Å². The van der Waals surface area contributed by atoms with Crippen LogP contribution in [0.25, 0.3) is 0 Å². The number of halogens is 3. The Balaban J connectivity index is 3.31. The van der Waals surface area contributed by atoms with Crippen molar-refractivity contribution >= 4 is 17.5 Å². The van der Waals surface area contributed by atoms with Crippen molar-refractivity contribution < 1.29 is 23.1 Å². The summed E-state index contributed by atoms with van der Waals surface area (Å²) >= 11 is 0.156. The second-order valence-corrected chi connectivity index (χ2v) is 3.05. The molecule has 1 heterocycles. The fraction of sp³-hybridized carbons (Fsp3) is 0.333. The van der Waals surface area contributed by atoms with E-state index in [9.17, 15) is 18.0 Å². The lowest BCUT2D eigenvalue weighted by Crippen LogP contribution is -2.10. The Kier molecular flexibility index (Phi) is 2.29. The Labute approximate surface area is 75.0 Å².